The molecule has 1 N–H and O–H groups in total. The summed E-state index contributed by atoms with van der Waals surface area (Å²) in [5.41, 5.74) is 3.28. The van der Waals surface area contributed by atoms with Crippen molar-refractivity contribution in [1.29, 1.82) is 0 Å². The molecule has 2 heterocycles. The molecule has 2 aliphatic rings. The molecule has 1 fully saturated rings. The lowest BCUT2D eigenvalue weighted by Gasteiger charge is -2.43. The fourth-order valence-electron chi connectivity index (χ4n) is 4.12. The van der Waals surface area contributed by atoms with Crippen LogP contribution in [0.15, 0.2) is 12.1 Å². The molecule has 2 aliphatic heterocycles. The third-order valence-electron chi connectivity index (χ3n) is 5.24. The van der Waals surface area contributed by atoms with Crippen LogP contribution in [0.2, 0.25) is 0 Å². The van der Waals surface area contributed by atoms with E-state index in [0.29, 0.717) is 18.1 Å². The van der Waals surface area contributed by atoms with Crippen LogP contribution in [0.3, 0.4) is 0 Å². The molecule has 0 spiro atoms. The molecule has 23 heavy (non-hydrogen) atoms. The van der Waals surface area contributed by atoms with Crippen molar-refractivity contribution < 1.29 is 14.6 Å². The molecule has 3 rings (SSSR count). The van der Waals surface area contributed by atoms with Gasteiger partial charge in [-0.25, -0.2) is 0 Å². The zero-order valence-electron chi connectivity index (χ0n) is 14.3. The molecule has 1 saturated heterocycles. The summed E-state index contributed by atoms with van der Waals surface area (Å²) in [7, 11) is 1.64. The van der Waals surface area contributed by atoms with Crippen LogP contribution in [0, 0.1) is 11.8 Å². The first-order chi connectivity index (χ1) is 11.0. The fourth-order valence-corrected chi connectivity index (χ4v) is 4.12. The van der Waals surface area contributed by atoms with Gasteiger partial charge in [0.05, 0.1) is 13.7 Å². The highest BCUT2D eigenvalue weighted by Gasteiger charge is 2.38. The van der Waals surface area contributed by atoms with E-state index in [4.69, 9.17) is 4.74 Å². The second-order valence-electron chi connectivity index (χ2n) is 7.28. The summed E-state index contributed by atoms with van der Waals surface area (Å²) < 4.78 is 5.38. The Morgan fingerprint density at radius 2 is 2.17 bits per heavy atom. The van der Waals surface area contributed by atoms with Crippen molar-refractivity contribution in [3.8, 4) is 5.75 Å². The number of benzene rings is 1. The van der Waals surface area contributed by atoms with Crippen molar-refractivity contribution in [2.24, 2.45) is 11.8 Å². The van der Waals surface area contributed by atoms with Crippen molar-refractivity contribution in [3.05, 3.63) is 28.8 Å². The first-order valence-electron chi connectivity index (χ1n) is 8.60. The van der Waals surface area contributed by atoms with Crippen LogP contribution in [0.4, 0.5) is 0 Å². The summed E-state index contributed by atoms with van der Waals surface area (Å²) in [5, 5.41) is 9.58. The number of nitrogens with zero attached hydrogens (tertiary/aromatic N) is 1. The average molecular weight is 317 g/mol. The summed E-state index contributed by atoms with van der Waals surface area (Å²) in [6.45, 7) is 6.21. The number of carbonyl (C=O) groups is 1. The molecule has 0 amide bonds. The van der Waals surface area contributed by atoms with Crippen molar-refractivity contribution in [1.82, 2.24) is 4.90 Å². The van der Waals surface area contributed by atoms with Crippen molar-refractivity contribution >= 4 is 5.78 Å². The summed E-state index contributed by atoms with van der Waals surface area (Å²) in [6.07, 6.45) is 2.57. The zero-order valence-corrected chi connectivity index (χ0v) is 14.3. The van der Waals surface area contributed by atoms with Gasteiger partial charge in [0.25, 0.3) is 0 Å². The van der Waals surface area contributed by atoms with Crippen LogP contribution < -0.4 is 4.74 Å². The minimum atomic E-state index is -0.0346. The van der Waals surface area contributed by atoms with E-state index in [9.17, 15) is 9.90 Å². The van der Waals surface area contributed by atoms with E-state index in [0.717, 1.165) is 37.2 Å². The highest BCUT2D eigenvalue weighted by atomic mass is 16.5. The molecular weight excluding hydrogens is 290 g/mol. The SMILES string of the molecule is COc1cc2c(cc1CO)C1CC(=O)C(CC(C)C)CN1CC2. The van der Waals surface area contributed by atoms with E-state index < -0.39 is 0 Å². The van der Waals surface area contributed by atoms with Gasteiger partial charge in [0.2, 0.25) is 0 Å². The van der Waals surface area contributed by atoms with Gasteiger partial charge in [-0.2, -0.15) is 0 Å². The van der Waals surface area contributed by atoms with E-state index >= 15 is 0 Å². The Hall–Kier alpha value is -1.39. The van der Waals surface area contributed by atoms with E-state index in [1.807, 2.05) is 12.1 Å². The number of methoxy groups -OCH3 is 1. The first kappa shape index (κ1) is 16.5. The van der Waals surface area contributed by atoms with Crippen LogP contribution in [-0.4, -0.2) is 36.0 Å². The molecule has 2 unspecified atom stereocenters. The van der Waals surface area contributed by atoms with Gasteiger partial charge in [0, 0.05) is 37.0 Å². The van der Waals surface area contributed by atoms with Gasteiger partial charge in [-0.15, -0.1) is 0 Å². The minimum Gasteiger partial charge on any atom is -0.496 e. The maximum absolute atomic E-state index is 12.6. The Kier molecular flexibility index (Phi) is 4.74. The number of ketones is 1. The third kappa shape index (κ3) is 3.15. The standard InChI is InChI=1S/C19H27NO3/c1-12(2)6-14-10-20-5-4-13-8-19(23-3)15(11-21)7-16(13)17(20)9-18(14)22/h7-8,12,14,17,21H,4-6,9-11H2,1-3H3. The molecule has 0 bridgehead atoms. The van der Waals surface area contributed by atoms with Gasteiger partial charge < -0.3 is 9.84 Å². The number of carbonyl (C=O) groups excluding carboxylic acids is 1. The number of hydrogen-bond donors (Lipinski definition) is 1. The summed E-state index contributed by atoms with van der Waals surface area (Å²) >= 11 is 0. The van der Waals surface area contributed by atoms with E-state index in [-0.39, 0.29) is 18.6 Å². The number of aliphatic hydroxyl groups excluding tert-OH is 1. The van der Waals surface area contributed by atoms with Crippen LogP contribution in [0.1, 0.15) is 49.4 Å². The molecule has 0 saturated carbocycles. The van der Waals surface area contributed by atoms with Crippen LogP contribution in [-0.2, 0) is 17.8 Å². The quantitative estimate of drug-likeness (QED) is 0.928. The number of piperidine rings is 1. The van der Waals surface area contributed by atoms with E-state index in [1.54, 1.807) is 7.11 Å². The maximum Gasteiger partial charge on any atom is 0.139 e. The molecule has 0 aliphatic carbocycles. The monoisotopic (exact) mass is 317 g/mol. The topological polar surface area (TPSA) is 49.8 Å². The number of Topliss-reactive ketones (excluding diaryl/α,β-unsaturated/α-hetero) is 1. The van der Waals surface area contributed by atoms with Gasteiger partial charge in [0.1, 0.15) is 11.5 Å². The lowest BCUT2D eigenvalue weighted by Crippen LogP contribution is -2.46. The van der Waals surface area contributed by atoms with Crippen LogP contribution in [0.25, 0.3) is 0 Å². The van der Waals surface area contributed by atoms with E-state index in [1.165, 1.54) is 11.1 Å². The molecule has 4 heteroatoms. The Balaban J connectivity index is 1.89. The van der Waals surface area contributed by atoms with Gasteiger partial charge in [-0.05, 0) is 42.0 Å². The Labute approximate surface area is 138 Å². The van der Waals surface area contributed by atoms with Gasteiger partial charge in [-0.3, -0.25) is 9.69 Å². The van der Waals surface area contributed by atoms with Crippen molar-refractivity contribution in [2.45, 2.75) is 45.8 Å². The summed E-state index contributed by atoms with van der Waals surface area (Å²) in [6, 6.07) is 4.26. The fraction of sp³-hybridized carbons (Fsp3) is 0.632. The number of rotatable bonds is 4. The van der Waals surface area contributed by atoms with Crippen LogP contribution in [0.5, 0.6) is 5.75 Å². The van der Waals surface area contributed by atoms with Gasteiger partial charge in [0.15, 0.2) is 0 Å². The lowest BCUT2D eigenvalue weighted by molar-refractivity contribution is -0.129. The smallest absolute Gasteiger partial charge is 0.139 e. The predicted octanol–water partition coefficient (Wildman–Crippen LogP) is 2.72. The zero-order chi connectivity index (χ0) is 16.6. The highest BCUT2D eigenvalue weighted by molar-refractivity contribution is 5.83. The molecule has 0 aromatic heterocycles. The number of hydrogen-bond acceptors (Lipinski definition) is 4. The number of aliphatic hydroxyl groups is 1. The maximum atomic E-state index is 12.6. The molecule has 126 valence electrons. The third-order valence-corrected chi connectivity index (χ3v) is 5.24. The Bertz CT molecular complexity index is 597. The van der Waals surface area contributed by atoms with Gasteiger partial charge in [-0.1, -0.05) is 13.8 Å². The number of ether oxygens (including phenoxy) is 1. The lowest BCUT2D eigenvalue weighted by atomic mass is 9.79. The minimum absolute atomic E-state index is 0.0346. The van der Waals surface area contributed by atoms with E-state index in [2.05, 4.69) is 18.7 Å². The second kappa shape index (κ2) is 6.62. The predicted molar refractivity (Wildman–Crippen MR) is 89.5 cm³/mol. The number of fused-ring (bicyclic) bond motifs is 3. The average Bonchev–Trinajstić information content (AvgIpc) is 2.53. The Morgan fingerprint density at radius 1 is 1.39 bits per heavy atom. The summed E-state index contributed by atoms with van der Waals surface area (Å²) in [5.74, 6) is 1.89. The first-order valence-corrected chi connectivity index (χ1v) is 8.60. The molecule has 1 aromatic carbocycles. The molecule has 2 atom stereocenters. The normalized spacial score (nSPS) is 24.5. The summed E-state index contributed by atoms with van der Waals surface area (Å²) in [4.78, 5) is 15.0. The highest BCUT2D eigenvalue weighted by Crippen LogP contribution is 2.40. The second-order valence-corrected chi connectivity index (χ2v) is 7.28. The van der Waals surface area contributed by atoms with Crippen molar-refractivity contribution in [3.63, 3.8) is 0 Å². The van der Waals surface area contributed by atoms with Crippen LogP contribution >= 0.6 is 0 Å². The largest absolute Gasteiger partial charge is 0.496 e. The molecular formula is C19H27NO3. The van der Waals surface area contributed by atoms with Gasteiger partial charge >= 0.3 is 0 Å². The molecule has 1 aromatic rings. The molecule has 0 radical (unpaired) electrons. The van der Waals surface area contributed by atoms with Crippen molar-refractivity contribution in [2.75, 3.05) is 20.2 Å². The molecule has 4 nitrogen and oxygen atoms in total. The Morgan fingerprint density at radius 3 is 2.83 bits per heavy atom.